The summed E-state index contributed by atoms with van der Waals surface area (Å²) in [6.45, 7) is 0. The lowest BCUT2D eigenvalue weighted by atomic mass is 9.92. The maximum atomic E-state index is 11.6. The number of benzene rings is 1. The Labute approximate surface area is 87.9 Å². The van der Waals surface area contributed by atoms with Crippen LogP contribution in [0.25, 0.3) is 11.6 Å². The van der Waals surface area contributed by atoms with Crippen molar-refractivity contribution in [3.05, 3.63) is 47.7 Å². The molecule has 76 valence electrons. The van der Waals surface area contributed by atoms with Crippen molar-refractivity contribution in [3.63, 3.8) is 0 Å². The van der Waals surface area contributed by atoms with E-state index in [0.717, 1.165) is 16.2 Å². The molecule has 0 radical (unpaired) electrons. The van der Waals surface area contributed by atoms with Gasteiger partial charge < -0.3 is 0 Å². The number of hydrogen-bond acceptors (Lipinski definition) is 3. The predicted molar refractivity (Wildman–Crippen MR) is 58.0 cm³/mol. The third-order valence-corrected chi connectivity index (χ3v) is 2.25. The van der Waals surface area contributed by atoms with E-state index in [0.29, 0.717) is 5.57 Å². The molecule has 0 fully saturated rings. The van der Waals surface area contributed by atoms with Gasteiger partial charge in [0, 0.05) is 18.8 Å². The summed E-state index contributed by atoms with van der Waals surface area (Å²) in [5, 5.41) is 10.0. The van der Waals surface area contributed by atoms with Gasteiger partial charge in [0.05, 0.1) is 0 Å². The van der Waals surface area contributed by atoms with Crippen LogP contribution in [-0.2, 0) is 4.79 Å². The highest BCUT2D eigenvalue weighted by Gasteiger charge is 2.16. The molecular weight excluding hydrogens is 190 g/mol. The second-order valence-corrected chi connectivity index (χ2v) is 3.40. The smallest absolute Gasteiger partial charge is 0.188 e. The van der Waals surface area contributed by atoms with E-state index >= 15 is 0 Å². The van der Waals surface area contributed by atoms with Gasteiger partial charge in [0.2, 0.25) is 0 Å². The number of carbonyl (C=O) groups excluding carboxylic acids is 1. The molecule has 0 unspecified atom stereocenters. The molecule has 0 saturated carbocycles. The summed E-state index contributed by atoms with van der Waals surface area (Å²) in [5.74, 6) is -0.0883. The summed E-state index contributed by atoms with van der Waals surface area (Å²) in [6.07, 6.45) is 4.72. The zero-order valence-corrected chi connectivity index (χ0v) is 8.34. The van der Waals surface area contributed by atoms with E-state index < -0.39 is 0 Å². The molecule has 0 saturated heterocycles. The molecule has 1 aliphatic rings. The fourth-order valence-corrected chi connectivity index (χ4v) is 1.60. The number of hydroxylamine groups is 2. The van der Waals surface area contributed by atoms with Gasteiger partial charge in [0.25, 0.3) is 0 Å². The molecule has 0 amide bonds. The van der Waals surface area contributed by atoms with Crippen LogP contribution in [0.15, 0.2) is 36.5 Å². The third kappa shape index (κ3) is 1.82. The van der Waals surface area contributed by atoms with Gasteiger partial charge in [-0.25, -0.2) is 0 Å². The minimum Gasteiger partial charge on any atom is -0.289 e. The van der Waals surface area contributed by atoms with Crippen molar-refractivity contribution >= 4 is 17.4 Å². The van der Waals surface area contributed by atoms with Crippen LogP contribution in [0.2, 0.25) is 0 Å². The summed E-state index contributed by atoms with van der Waals surface area (Å²) in [6, 6.07) is 7.59. The molecule has 0 aliphatic heterocycles. The summed E-state index contributed by atoms with van der Waals surface area (Å²) in [4.78, 5) is 11.6. The highest BCUT2D eigenvalue weighted by atomic mass is 16.5. The first-order valence-corrected chi connectivity index (χ1v) is 4.64. The van der Waals surface area contributed by atoms with E-state index in [2.05, 4.69) is 0 Å². The highest BCUT2D eigenvalue weighted by molar-refractivity contribution is 6.29. The number of nitrogens with zero attached hydrogens (tertiary/aromatic N) is 1. The Bertz CT molecular complexity index is 458. The van der Waals surface area contributed by atoms with E-state index in [1.807, 2.05) is 24.3 Å². The van der Waals surface area contributed by atoms with Gasteiger partial charge in [0.1, 0.15) is 0 Å². The van der Waals surface area contributed by atoms with Crippen LogP contribution in [-0.4, -0.2) is 23.1 Å². The van der Waals surface area contributed by atoms with Crippen molar-refractivity contribution in [1.29, 1.82) is 0 Å². The normalized spacial score (nSPS) is 16.7. The largest absolute Gasteiger partial charge is 0.289 e. The monoisotopic (exact) mass is 201 g/mol. The van der Waals surface area contributed by atoms with Crippen LogP contribution in [0.4, 0.5) is 0 Å². The molecule has 1 N–H and O–H groups in total. The Morgan fingerprint density at radius 1 is 1.27 bits per heavy atom. The first-order chi connectivity index (χ1) is 7.18. The van der Waals surface area contributed by atoms with Gasteiger partial charge in [-0.05, 0) is 17.2 Å². The minimum absolute atomic E-state index is 0.0883. The highest BCUT2D eigenvalue weighted by Crippen LogP contribution is 2.26. The summed E-state index contributed by atoms with van der Waals surface area (Å²) in [7, 11) is 1.47. The van der Waals surface area contributed by atoms with Crippen LogP contribution in [0, 0.1) is 0 Å². The maximum absolute atomic E-state index is 11.6. The molecule has 0 atom stereocenters. The standard InChI is InChI=1S/C12H11NO2/c1-13(15)8-11-10-5-3-2-4-9(10)6-7-12(11)14/h2-8,15H,1H3/b11-8+. The second-order valence-electron chi connectivity index (χ2n) is 3.40. The Morgan fingerprint density at radius 2 is 2.00 bits per heavy atom. The van der Waals surface area contributed by atoms with E-state index in [1.165, 1.54) is 19.3 Å². The van der Waals surface area contributed by atoms with Crippen LogP contribution >= 0.6 is 0 Å². The SMILES string of the molecule is CN(O)/C=C1/C(=O)C=Cc2ccccc21. The van der Waals surface area contributed by atoms with Crippen LogP contribution in [0.3, 0.4) is 0 Å². The van der Waals surface area contributed by atoms with Gasteiger partial charge in [-0.15, -0.1) is 0 Å². The summed E-state index contributed by atoms with van der Waals surface area (Å²) in [5.41, 5.74) is 2.36. The fourth-order valence-electron chi connectivity index (χ4n) is 1.60. The average Bonchev–Trinajstić information content (AvgIpc) is 2.22. The quantitative estimate of drug-likeness (QED) is 0.557. The molecule has 0 aromatic heterocycles. The molecular formula is C12H11NO2. The maximum Gasteiger partial charge on any atom is 0.188 e. The first-order valence-electron chi connectivity index (χ1n) is 4.64. The first kappa shape index (κ1) is 9.68. The molecule has 2 rings (SSSR count). The van der Waals surface area contributed by atoms with Crippen molar-refractivity contribution in [1.82, 2.24) is 5.06 Å². The number of carbonyl (C=O) groups is 1. The number of hydrogen-bond donors (Lipinski definition) is 1. The van der Waals surface area contributed by atoms with Crippen LogP contribution in [0.1, 0.15) is 11.1 Å². The molecule has 1 aromatic rings. The van der Waals surface area contributed by atoms with Crippen molar-refractivity contribution in [2.75, 3.05) is 7.05 Å². The number of fused-ring (bicyclic) bond motifs is 1. The zero-order chi connectivity index (χ0) is 10.8. The molecule has 0 spiro atoms. The van der Waals surface area contributed by atoms with Crippen LogP contribution < -0.4 is 0 Å². The van der Waals surface area contributed by atoms with E-state index in [4.69, 9.17) is 5.21 Å². The number of allylic oxidation sites excluding steroid dienone is 2. The fraction of sp³-hybridized carbons (Fsp3) is 0.0833. The topological polar surface area (TPSA) is 40.5 Å². The summed E-state index contributed by atoms with van der Waals surface area (Å²) < 4.78 is 0. The molecule has 3 heteroatoms. The average molecular weight is 201 g/mol. The molecule has 15 heavy (non-hydrogen) atoms. The number of rotatable bonds is 1. The summed E-state index contributed by atoms with van der Waals surface area (Å²) >= 11 is 0. The molecule has 1 aliphatic carbocycles. The van der Waals surface area contributed by atoms with Gasteiger partial charge in [-0.1, -0.05) is 30.3 Å². The van der Waals surface area contributed by atoms with Crippen molar-refractivity contribution in [2.24, 2.45) is 0 Å². The lowest BCUT2D eigenvalue weighted by molar-refractivity contribution is -0.109. The predicted octanol–water partition coefficient (Wildman–Crippen LogP) is 1.94. The Kier molecular flexibility index (Phi) is 2.39. The van der Waals surface area contributed by atoms with Gasteiger partial charge in [-0.3, -0.25) is 15.1 Å². The van der Waals surface area contributed by atoms with E-state index in [1.54, 1.807) is 6.08 Å². The molecule has 0 bridgehead atoms. The molecule has 3 nitrogen and oxygen atoms in total. The van der Waals surface area contributed by atoms with Crippen LogP contribution in [0.5, 0.6) is 0 Å². The lowest BCUT2D eigenvalue weighted by Gasteiger charge is -2.14. The minimum atomic E-state index is -0.0883. The lowest BCUT2D eigenvalue weighted by Crippen LogP contribution is -2.10. The van der Waals surface area contributed by atoms with Crippen molar-refractivity contribution in [2.45, 2.75) is 0 Å². The third-order valence-electron chi connectivity index (χ3n) is 2.25. The second kappa shape index (κ2) is 3.71. The Hall–Kier alpha value is -1.87. The van der Waals surface area contributed by atoms with E-state index in [-0.39, 0.29) is 5.78 Å². The van der Waals surface area contributed by atoms with Gasteiger partial charge >= 0.3 is 0 Å². The molecule has 1 aromatic carbocycles. The van der Waals surface area contributed by atoms with E-state index in [9.17, 15) is 4.79 Å². The molecule has 0 heterocycles. The van der Waals surface area contributed by atoms with Crippen molar-refractivity contribution in [3.8, 4) is 0 Å². The van der Waals surface area contributed by atoms with Crippen molar-refractivity contribution < 1.29 is 10.0 Å². The van der Waals surface area contributed by atoms with Gasteiger partial charge in [-0.2, -0.15) is 0 Å². The Morgan fingerprint density at radius 3 is 2.73 bits per heavy atom. The Balaban J connectivity index is 2.57. The number of ketones is 1. The zero-order valence-electron chi connectivity index (χ0n) is 8.34. The van der Waals surface area contributed by atoms with Gasteiger partial charge in [0.15, 0.2) is 5.78 Å².